The summed E-state index contributed by atoms with van der Waals surface area (Å²) in [5.41, 5.74) is 4.70. The summed E-state index contributed by atoms with van der Waals surface area (Å²) < 4.78 is 0. The van der Waals surface area contributed by atoms with Gasteiger partial charge in [0.25, 0.3) is 5.91 Å². The van der Waals surface area contributed by atoms with Crippen LogP contribution in [0.3, 0.4) is 0 Å². The Kier molecular flexibility index (Phi) is 4.36. The standard InChI is InChI=1S/C19H23N5O/c1-12-10-14-11-13(2-3-16(14)21-12)17-4-5-18(24-23-17)19(25)22-15-6-8-20-9-7-15/h2-5,11-12,15,20-21H,6-10H2,1H3,(H,22,25)/t12-/m1/s1. The highest BCUT2D eigenvalue weighted by molar-refractivity contribution is 5.92. The Hall–Kier alpha value is -2.47. The van der Waals surface area contributed by atoms with E-state index in [4.69, 9.17) is 0 Å². The molecule has 2 aromatic rings. The summed E-state index contributed by atoms with van der Waals surface area (Å²) in [6.45, 7) is 4.07. The predicted octanol–water partition coefficient (Wildman–Crippen LogP) is 1.98. The van der Waals surface area contributed by atoms with Gasteiger partial charge in [-0.15, -0.1) is 10.2 Å². The van der Waals surface area contributed by atoms with E-state index in [9.17, 15) is 4.79 Å². The van der Waals surface area contributed by atoms with Gasteiger partial charge in [0.15, 0.2) is 5.69 Å². The zero-order chi connectivity index (χ0) is 17.2. The van der Waals surface area contributed by atoms with Crippen LogP contribution >= 0.6 is 0 Å². The van der Waals surface area contributed by atoms with Gasteiger partial charge in [-0.05, 0) is 69.1 Å². The van der Waals surface area contributed by atoms with Crippen LogP contribution in [0, 0.1) is 0 Å². The fourth-order valence-corrected chi connectivity index (χ4v) is 3.54. The summed E-state index contributed by atoms with van der Waals surface area (Å²) in [6, 6.07) is 10.6. The van der Waals surface area contributed by atoms with E-state index in [0.29, 0.717) is 11.7 Å². The lowest BCUT2D eigenvalue weighted by atomic mass is 10.0. The first-order valence-corrected chi connectivity index (χ1v) is 8.94. The molecule has 1 amide bonds. The van der Waals surface area contributed by atoms with E-state index >= 15 is 0 Å². The number of piperidine rings is 1. The van der Waals surface area contributed by atoms with Crippen LogP contribution in [0.15, 0.2) is 30.3 Å². The van der Waals surface area contributed by atoms with Gasteiger partial charge in [0.2, 0.25) is 0 Å². The number of nitrogens with one attached hydrogen (secondary N) is 3. The van der Waals surface area contributed by atoms with Crippen LogP contribution < -0.4 is 16.0 Å². The molecule has 0 unspecified atom stereocenters. The Balaban J connectivity index is 1.46. The number of hydrogen-bond acceptors (Lipinski definition) is 5. The molecular formula is C19H23N5O. The minimum atomic E-state index is -0.141. The van der Waals surface area contributed by atoms with E-state index in [1.165, 1.54) is 11.3 Å². The number of rotatable bonds is 3. The molecule has 1 atom stereocenters. The van der Waals surface area contributed by atoms with Crippen molar-refractivity contribution >= 4 is 11.6 Å². The largest absolute Gasteiger partial charge is 0.382 e. The van der Waals surface area contributed by atoms with Crippen molar-refractivity contribution in [3.8, 4) is 11.3 Å². The molecule has 6 heteroatoms. The molecule has 1 fully saturated rings. The van der Waals surface area contributed by atoms with Crippen LogP contribution in [0.4, 0.5) is 5.69 Å². The molecule has 4 rings (SSSR count). The van der Waals surface area contributed by atoms with Crippen molar-refractivity contribution in [1.29, 1.82) is 0 Å². The summed E-state index contributed by atoms with van der Waals surface area (Å²) >= 11 is 0. The number of hydrogen-bond donors (Lipinski definition) is 3. The van der Waals surface area contributed by atoms with Crippen LogP contribution in [0.1, 0.15) is 35.8 Å². The first-order valence-electron chi connectivity index (χ1n) is 8.94. The number of nitrogens with zero attached hydrogens (tertiary/aromatic N) is 2. The predicted molar refractivity (Wildman–Crippen MR) is 97.6 cm³/mol. The second-order valence-corrected chi connectivity index (χ2v) is 6.92. The van der Waals surface area contributed by atoms with Crippen molar-refractivity contribution < 1.29 is 4.79 Å². The van der Waals surface area contributed by atoms with Gasteiger partial charge in [-0.2, -0.15) is 0 Å². The normalized spacial score (nSPS) is 20.0. The third kappa shape index (κ3) is 3.49. The second kappa shape index (κ2) is 6.80. The van der Waals surface area contributed by atoms with Crippen LogP contribution in [0.5, 0.6) is 0 Å². The van der Waals surface area contributed by atoms with Crippen molar-refractivity contribution in [3.05, 3.63) is 41.6 Å². The molecule has 25 heavy (non-hydrogen) atoms. The zero-order valence-corrected chi connectivity index (χ0v) is 14.4. The Morgan fingerprint density at radius 3 is 2.76 bits per heavy atom. The molecule has 2 aliphatic heterocycles. The van der Waals surface area contributed by atoms with Crippen LogP contribution in [0.25, 0.3) is 11.3 Å². The van der Waals surface area contributed by atoms with Crippen molar-refractivity contribution in [3.63, 3.8) is 0 Å². The maximum atomic E-state index is 12.3. The van der Waals surface area contributed by atoms with E-state index in [2.05, 4.69) is 45.2 Å². The van der Waals surface area contributed by atoms with E-state index < -0.39 is 0 Å². The molecule has 1 aromatic heterocycles. The quantitative estimate of drug-likeness (QED) is 0.798. The third-order valence-electron chi connectivity index (χ3n) is 4.90. The summed E-state index contributed by atoms with van der Waals surface area (Å²) in [5.74, 6) is -0.141. The number of anilines is 1. The molecule has 0 bridgehead atoms. The van der Waals surface area contributed by atoms with E-state index in [1.807, 2.05) is 12.1 Å². The van der Waals surface area contributed by atoms with E-state index in [1.54, 1.807) is 6.07 Å². The molecule has 2 aliphatic rings. The third-order valence-corrected chi connectivity index (χ3v) is 4.90. The molecule has 130 valence electrons. The van der Waals surface area contributed by atoms with Gasteiger partial charge < -0.3 is 16.0 Å². The highest BCUT2D eigenvalue weighted by Crippen LogP contribution is 2.29. The fraction of sp³-hybridized carbons (Fsp3) is 0.421. The number of amides is 1. The first kappa shape index (κ1) is 16.0. The molecule has 3 heterocycles. The molecule has 1 saturated heterocycles. The summed E-state index contributed by atoms with van der Waals surface area (Å²) in [6.07, 6.45) is 2.94. The van der Waals surface area contributed by atoms with Crippen LogP contribution in [-0.4, -0.2) is 41.3 Å². The number of carbonyl (C=O) groups is 1. The van der Waals surface area contributed by atoms with Crippen molar-refractivity contribution in [1.82, 2.24) is 20.8 Å². The number of benzene rings is 1. The van der Waals surface area contributed by atoms with Gasteiger partial charge in [-0.25, -0.2) is 0 Å². The second-order valence-electron chi connectivity index (χ2n) is 6.92. The SMILES string of the molecule is C[C@@H]1Cc2cc(-c3ccc(C(=O)NC4CCNCC4)nn3)ccc2N1. The topological polar surface area (TPSA) is 78.9 Å². The van der Waals surface area contributed by atoms with Gasteiger partial charge >= 0.3 is 0 Å². The molecule has 3 N–H and O–H groups in total. The zero-order valence-electron chi connectivity index (χ0n) is 14.4. The summed E-state index contributed by atoms with van der Waals surface area (Å²) in [7, 11) is 0. The number of fused-ring (bicyclic) bond motifs is 1. The van der Waals surface area contributed by atoms with Crippen molar-refractivity contribution in [2.45, 2.75) is 38.3 Å². The molecule has 0 saturated carbocycles. The van der Waals surface area contributed by atoms with Crippen molar-refractivity contribution in [2.24, 2.45) is 0 Å². The Labute approximate surface area is 147 Å². The molecule has 0 radical (unpaired) electrons. The molecule has 0 aliphatic carbocycles. The molecular weight excluding hydrogens is 314 g/mol. The smallest absolute Gasteiger partial charge is 0.272 e. The van der Waals surface area contributed by atoms with Gasteiger partial charge in [-0.3, -0.25) is 4.79 Å². The van der Waals surface area contributed by atoms with E-state index in [-0.39, 0.29) is 11.9 Å². The lowest BCUT2D eigenvalue weighted by Crippen LogP contribution is -2.42. The maximum absolute atomic E-state index is 12.3. The monoisotopic (exact) mass is 337 g/mol. The molecule has 6 nitrogen and oxygen atoms in total. The van der Waals surface area contributed by atoms with Gasteiger partial charge in [0, 0.05) is 23.3 Å². The number of aromatic nitrogens is 2. The van der Waals surface area contributed by atoms with Gasteiger partial charge in [-0.1, -0.05) is 6.07 Å². The number of carbonyl (C=O) groups excluding carboxylic acids is 1. The molecule has 0 spiro atoms. The van der Waals surface area contributed by atoms with Crippen LogP contribution in [-0.2, 0) is 6.42 Å². The summed E-state index contributed by atoms with van der Waals surface area (Å²) in [4.78, 5) is 12.3. The first-order chi connectivity index (χ1) is 12.2. The van der Waals surface area contributed by atoms with Crippen LogP contribution in [0.2, 0.25) is 0 Å². The Morgan fingerprint density at radius 1 is 1.16 bits per heavy atom. The van der Waals surface area contributed by atoms with Crippen molar-refractivity contribution in [2.75, 3.05) is 18.4 Å². The average Bonchev–Trinajstić information content (AvgIpc) is 3.02. The average molecular weight is 337 g/mol. The Bertz CT molecular complexity index is 768. The Morgan fingerprint density at radius 2 is 2.00 bits per heavy atom. The lowest BCUT2D eigenvalue weighted by Gasteiger charge is -2.23. The lowest BCUT2D eigenvalue weighted by molar-refractivity contribution is 0.0923. The maximum Gasteiger partial charge on any atom is 0.272 e. The fourth-order valence-electron chi connectivity index (χ4n) is 3.54. The minimum absolute atomic E-state index is 0.141. The highest BCUT2D eigenvalue weighted by atomic mass is 16.2. The molecule has 1 aromatic carbocycles. The summed E-state index contributed by atoms with van der Waals surface area (Å²) in [5, 5.41) is 18.2. The van der Waals surface area contributed by atoms with Gasteiger partial charge in [0.1, 0.15) is 0 Å². The van der Waals surface area contributed by atoms with E-state index in [0.717, 1.165) is 43.6 Å². The highest BCUT2D eigenvalue weighted by Gasteiger charge is 2.19. The minimum Gasteiger partial charge on any atom is -0.382 e. The van der Waals surface area contributed by atoms with Gasteiger partial charge in [0.05, 0.1) is 5.69 Å².